The first-order valence-corrected chi connectivity index (χ1v) is 10.1. The van der Waals surface area contributed by atoms with Crippen LogP contribution >= 0.6 is 24.0 Å². The number of halogens is 1. The number of benzene rings is 1. The highest BCUT2D eigenvalue weighted by Crippen LogP contribution is 2.16. The van der Waals surface area contributed by atoms with Gasteiger partial charge in [0.1, 0.15) is 0 Å². The summed E-state index contributed by atoms with van der Waals surface area (Å²) in [7, 11) is -1.54. The highest BCUT2D eigenvalue weighted by molar-refractivity contribution is 14.0. The highest BCUT2D eigenvalue weighted by Gasteiger charge is 2.11. The van der Waals surface area contributed by atoms with Crippen molar-refractivity contribution in [2.24, 2.45) is 4.99 Å². The van der Waals surface area contributed by atoms with Crippen LogP contribution < -0.4 is 10.6 Å². The summed E-state index contributed by atoms with van der Waals surface area (Å²) in [5, 5.41) is 6.28. The zero-order valence-corrected chi connectivity index (χ0v) is 18.8. The van der Waals surface area contributed by atoms with E-state index in [1.54, 1.807) is 33.0 Å². The molecule has 9 heteroatoms. The molecule has 0 spiro atoms. The zero-order chi connectivity index (χ0) is 18.9. The van der Waals surface area contributed by atoms with Crippen LogP contribution in [0.1, 0.15) is 30.9 Å². The van der Waals surface area contributed by atoms with Gasteiger partial charge >= 0.3 is 5.97 Å². The van der Waals surface area contributed by atoms with Crippen molar-refractivity contribution in [3.8, 4) is 0 Å². The number of carbonyl (C=O) groups is 1. The van der Waals surface area contributed by atoms with Crippen LogP contribution in [0.15, 0.2) is 28.1 Å². The van der Waals surface area contributed by atoms with Gasteiger partial charge < -0.3 is 15.4 Å². The number of hydrogen-bond acceptors (Lipinski definition) is 5. The number of hydrogen-bond donors (Lipinski definition) is 2. The van der Waals surface area contributed by atoms with Crippen LogP contribution in [0, 0.1) is 6.92 Å². The third-order valence-corrected chi connectivity index (χ3v) is 4.73. The molecule has 1 aromatic carbocycles. The highest BCUT2D eigenvalue weighted by atomic mass is 127. The first-order chi connectivity index (χ1) is 11.8. The number of rotatable bonds is 8. The Bertz CT molecular complexity index is 721. The smallest absolute Gasteiger partial charge is 0.305 e. The average Bonchev–Trinajstić information content (AvgIpc) is 2.53. The predicted octanol–water partition coefficient (Wildman–Crippen LogP) is 2.02. The Kier molecular flexibility index (Phi) is 11.5. The van der Waals surface area contributed by atoms with Crippen molar-refractivity contribution in [3.63, 3.8) is 0 Å². The summed E-state index contributed by atoms with van der Waals surface area (Å²) in [5.74, 6) is 0.419. The molecule has 0 aliphatic rings. The number of aryl methyl sites for hydroxylation is 1. The number of esters is 1. The second-order valence-electron chi connectivity index (χ2n) is 5.63. The van der Waals surface area contributed by atoms with Gasteiger partial charge in [-0.25, -0.2) is 8.42 Å². The van der Waals surface area contributed by atoms with Crippen LogP contribution in [-0.2, 0) is 25.9 Å². The van der Waals surface area contributed by atoms with Gasteiger partial charge in [-0.05, 0) is 37.5 Å². The molecule has 0 radical (unpaired) electrons. The minimum Gasteiger partial charge on any atom is -0.466 e. The van der Waals surface area contributed by atoms with Gasteiger partial charge in [0.25, 0.3) is 0 Å². The number of carbonyl (C=O) groups excluding carboxylic acids is 1. The monoisotopic (exact) mass is 497 g/mol. The van der Waals surface area contributed by atoms with E-state index in [1.807, 2.05) is 6.07 Å². The lowest BCUT2D eigenvalue weighted by molar-refractivity contribution is -0.143. The second-order valence-corrected chi connectivity index (χ2v) is 7.62. The third kappa shape index (κ3) is 8.84. The van der Waals surface area contributed by atoms with E-state index in [-0.39, 0.29) is 29.9 Å². The molecule has 0 bridgehead atoms. The van der Waals surface area contributed by atoms with E-state index in [2.05, 4.69) is 15.6 Å². The van der Waals surface area contributed by atoms with Gasteiger partial charge in [-0.2, -0.15) is 0 Å². The molecule has 0 amide bonds. The largest absolute Gasteiger partial charge is 0.466 e. The molecule has 1 aromatic rings. The maximum atomic E-state index is 11.6. The number of guanidine groups is 1. The lowest BCUT2D eigenvalue weighted by Crippen LogP contribution is -2.37. The Morgan fingerprint density at radius 3 is 2.50 bits per heavy atom. The lowest BCUT2D eigenvalue weighted by Gasteiger charge is -2.13. The topological polar surface area (TPSA) is 96.9 Å². The van der Waals surface area contributed by atoms with Crippen LogP contribution in [-0.4, -0.2) is 46.8 Å². The maximum Gasteiger partial charge on any atom is 0.305 e. The second kappa shape index (κ2) is 12.1. The van der Waals surface area contributed by atoms with Crippen molar-refractivity contribution in [1.82, 2.24) is 10.6 Å². The molecule has 2 N–H and O–H groups in total. The first-order valence-electron chi connectivity index (χ1n) is 8.17. The van der Waals surface area contributed by atoms with Crippen molar-refractivity contribution in [3.05, 3.63) is 29.3 Å². The SMILES string of the molecule is CCOC(=O)CCCNC(=NC)NCc1ccc(S(C)(=O)=O)c(C)c1.I. The van der Waals surface area contributed by atoms with Gasteiger partial charge in [0.15, 0.2) is 15.8 Å². The van der Waals surface area contributed by atoms with E-state index < -0.39 is 9.84 Å². The first kappa shape index (κ1) is 24.6. The molecule has 0 unspecified atom stereocenters. The zero-order valence-electron chi connectivity index (χ0n) is 15.7. The van der Waals surface area contributed by atoms with Crippen LogP contribution in [0.2, 0.25) is 0 Å². The Labute approximate surface area is 172 Å². The number of ether oxygens (including phenoxy) is 1. The quantitative estimate of drug-likeness (QED) is 0.188. The summed E-state index contributed by atoms with van der Waals surface area (Å²) >= 11 is 0. The Hall–Kier alpha value is -1.36. The molecule has 0 atom stereocenters. The molecule has 148 valence electrons. The molecule has 0 fully saturated rings. The molecule has 26 heavy (non-hydrogen) atoms. The third-order valence-electron chi connectivity index (χ3n) is 3.48. The van der Waals surface area contributed by atoms with E-state index in [0.29, 0.717) is 43.4 Å². The Balaban J connectivity index is 0.00000625. The van der Waals surface area contributed by atoms with Crippen molar-refractivity contribution in [2.45, 2.75) is 38.1 Å². The average molecular weight is 497 g/mol. The van der Waals surface area contributed by atoms with Gasteiger partial charge in [0, 0.05) is 32.8 Å². The molecule has 1 rings (SSSR count). The van der Waals surface area contributed by atoms with Gasteiger partial charge in [-0.15, -0.1) is 24.0 Å². The maximum absolute atomic E-state index is 11.6. The van der Waals surface area contributed by atoms with E-state index >= 15 is 0 Å². The van der Waals surface area contributed by atoms with Gasteiger partial charge in [0.2, 0.25) is 0 Å². The van der Waals surface area contributed by atoms with Crippen molar-refractivity contribution in [2.75, 3.05) is 26.5 Å². The van der Waals surface area contributed by atoms with Crippen LogP contribution in [0.5, 0.6) is 0 Å². The lowest BCUT2D eigenvalue weighted by atomic mass is 10.1. The molecule has 0 heterocycles. The van der Waals surface area contributed by atoms with Crippen molar-refractivity contribution >= 4 is 45.7 Å². The molecule has 0 saturated heterocycles. The molecule has 0 aromatic heterocycles. The van der Waals surface area contributed by atoms with Crippen LogP contribution in [0.4, 0.5) is 0 Å². The Morgan fingerprint density at radius 1 is 1.27 bits per heavy atom. The van der Waals surface area contributed by atoms with Gasteiger partial charge in [-0.1, -0.05) is 12.1 Å². The summed E-state index contributed by atoms with van der Waals surface area (Å²) in [5.41, 5.74) is 1.68. The van der Waals surface area contributed by atoms with Crippen LogP contribution in [0.25, 0.3) is 0 Å². The Morgan fingerprint density at radius 2 is 1.96 bits per heavy atom. The number of aliphatic imine (C=N–C) groups is 1. The van der Waals surface area contributed by atoms with Crippen molar-refractivity contribution in [1.29, 1.82) is 0 Å². The summed E-state index contributed by atoms with van der Waals surface area (Å²) in [6.07, 6.45) is 2.22. The van der Waals surface area contributed by atoms with Gasteiger partial charge in [0.05, 0.1) is 11.5 Å². The summed E-state index contributed by atoms with van der Waals surface area (Å²) < 4.78 is 28.1. The van der Waals surface area contributed by atoms with E-state index in [9.17, 15) is 13.2 Å². The number of sulfone groups is 1. The predicted molar refractivity (Wildman–Crippen MR) is 114 cm³/mol. The minimum atomic E-state index is -3.21. The molecule has 0 aliphatic heterocycles. The standard InChI is InChI=1S/C17H27N3O4S.HI/c1-5-24-16(21)7-6-10-19-17(18-3)20-12-14-8-9-15(13(2)11-14)25(4,22)23;/h8-9,11H,5-7,10,12H2,1-4H3,(H2,18,19,20);1H. The summed E-state index contributed by atoms with van der Waals surface area (Å²) in [6.45, 7) is 5.08. The van der Waals surface area contributed by atoms with Crippen molar-refractivity contribution < 1.29 is 17.9 Å². The normalized spacial score (nSPS) is 11.5. The van der Waals surface area contributed by atoms with Crippen LogP contribution in [0.3, 0.4) is 0 Å². The number of nitrogens with zero attached hydrogens (tertiary/aromatic N) is 1. The summed E-state index contributed by atoms with van der Waals surface area (Å²) in [4.78, 5) is 15.7. The van der Waals surface area contributed by atoms with E-state index in [1.165, 1.54) is 6.26 Å². The van der Waals surface area contributed by atoms with E-state index in [4.69, 9.17) is 4.74 Å². The molecular formula is C17H28IN3O4S. The molecular weight excluding hydrogens is 469 g/mol. The molecule has 7 nitrogen and oxygen atoms in total. The number of nitrogens with one attached hydrogen (secondary N) is 2. The minimum absolute atomic E-state index is 0. The van der Waals surface area contributed by atoms with E-state index in [0.717, 1.165) is 11.1 Å². The fraction of sp³-hybridized carbons (Fsp3) is 0.529. The summed E-state index contributed by atoms with van der Waals surface area (Å²) in [6, 6.07) is 5.25. The molecule has 0 saturated carbocycles. The fourth-order valence-corrected chi connectivity index (χ4v) is 3.28. The molecule has 0 aliphatic carbocycles. The fourth-order valence-electron chi connectivity index (χ4n) is 2.32. The van der Waals surface area contributed by atoms with Gasteiger partial charge in [-0.3, -0.25) is 9.79 Å².